The first-order valence-electron chi connectivity index (χ1n) is 14.4. The first-order valence-corrected chi connectivity index (χ1v) is 14.8. The molecule has 0 aliphatic rings. The molecule has 2 atom stereocenters. The molecule has 0 fully saturated rings. The SMILES string of the molecule is COc1ccc(NC(=S)N(Cc2ccccc2C(F)(F)F)C(N)[C@@H](C(=O)Cc2cncn2Cc2ccc(C#N)cc2)C(C)C)cn1. The van der Waals surface area contributed by atoms with Gasteiger partial charge in [0.2, 0.25) is 5.88 Å². The Kier molecular flexibility index (Phi) is 11.1. The average Bonchev–Trinajstić information content (AvgIpc) is 3.45. The number of carbonyl (C=O) groups is 1. The third-order valence-corrected chi connectivity index (χ3v) is 7.87. The van der Waals surface area contributed by atoms with E-state index in [9.17, 15) is 18.0 Å². The topological polar surface area (TPSA) is 122 Å². The summed E-state index contributed by atoms with van der Waals surface area (Å²) < 4.78 is 48.9. The Morgan fingerprint density at radius 3 is 2.46 bits per heavy atom. The third kappa shape index (κ3) is 8.47. The van der Waals surface area contributed by atoms with E-state index in [1.165, 1.54) is 36.4 Å². The summed E-state index contributed by atoms with van der Waals surface area (Å²) in [5.41, 5.74) is 8.50. The molecule has 3 N–H and O–H groups in total. The number of methoxy groups -OCH3 is 1. The van der Waals surface area contributed by atoms with Gasteiger partial charge in [0.1, 0.15) is 5.78 Å². The zero-order valence-electron chi connectivity index (χ0n) is 25.5. The lowest BCUT2D eigenvalue weighted by molar-refractivity contribution is -0.138. The number of Topliss-reactive ketones (excluding diaryl/α,β-unsaturated/α-hetero) is 1. The molecule has 0 amide bonds. The molecule has 2 aromatic heterocycles. The van der Waals surface area contributed by atoms with Crippen molar-refractivity contribution in [1.29, 1.82) is 5.26 Å². The number of nitriles is 1. The normalized spacial score (nSPS) is 12.7. The first-order chi connectivity index (χ1) is 21.9. The van der Waals surface area contributed by atoms with Crippen LogP contribution in [0.1, 0.15) is 41.8 Å². The van der Waals surface area contributed by atoms with Gasteiger partial charge in [-0.25, -0.2) is 9.97 Å². The van der Waals surface area contributed by atoms with Crippen LogP contribution < -0.4 is 15.8 Å². The van der Waals surface area contributed by atoms with Crippen molar-refractivity contribution in [3.8, 4) is 11.9 Å². The van der Waals surface area contributed by atoms with Crippen LogP contribution in [0.5, 0.6) is 5.88 Å². The highest BCUT2D eigenvalue weighted by Gasteiger charge is 2.37. The van der Waals surface area contributed by atoms with Crippen molar-refractivity contribution in [2.24, 2.45) is 17.6 Å². The number of ether oxygens (including phenoxy) is 1. The maximum Gasteiger partial charge on any atom is 0.416 e. The lowest BCUT2D eigenvalue weighted by atomic mass is 9.86. The van der Waals surface area contributed by atoms with Gasteiger partial charge in [-0.15, -0.1) is 0 Å². The molecule has 13 heteroatoms. The van der Waals surface area contributed by atoms with E-state index in [1.807, 2.05) is 30.5 Å². The molecular formula is C33H34F3N7O2S. The number of benzene rings is 2. The fourth-order valence-corrected chi connectivity index (χ4v) is 5.47. The number of rotatable bonds is 12. The number of aromatic nitrogens is 3. The summed E-state index contributed by atoms with van der Waals surface area (Å²) >= 11 is 5.70. The predicted molar refractivity (Wildman–Crippen MR) is 171 cm³/mol. The van der Waals surface area contributed by atoms with Gasteiger partial charge < -0.3 is 25.3 Å². The van der Waals surface area contributed by atoms with Crippen molar-refractivity contribution in [3.05, 3.63) is 107 Å². The van der Waals surface area contributed by atoms with E-state index in [-0.39, 0.29) is 35.3 Å². The Morgan fingerprint density at radius 1 is 1.13 bits per heavy atom. The summed E-state index contributed by atoms with van der Waals surface area (Å²) in [7, 11) is 1.47. The number of alkyl halides is 3. The van der Waals surface area contributed by atoms with Gasteiger partial charge in [-0.3, -0.25) is 4.79 Å². The standard InChI is InChI=1S/C33H34F3N7O2S/c1-21(2)30(28(44)14-26-17-39-20-42(26)18-23-10-8-22(15-37)9-11-23)31(38)43(19-24-6-4-5-7-27(24)33(34,35)36)32(46)41-25-12-13-29(45-3)40-16-25/h4-13,16-17,20-21,30-31H,14,18-19,38H2,1-3H3,(H,41,46)/t30-,31?/m1/s1. The van der Waals surface area contributed by atoms with Gasteiger partial charge in [-0.2, -0.15) is 18.4 Å². The summed E-state index contributed by atoms with van der Waals surface area (Å²) in [6, 6.07) is 17.7. The van der Waals surface area contributed by atoms with Crippen molar-refractivity contribution < 1.29 is 22.7 Å². The quantitative estimate of drug-likeness (QED) is 0.145. The molecule has 46 heavy (non-hydrogen) atoms. The highest BCUT2D eigenvalue weighted by molar-refractivity contribution is 7.80. The lowest BCUT2D eigenvalue weighted by Gasteiger charge is -2.38. The maximum absolute atomic E-state index is 14.0. The number of thiocarbonyl (C=S) groups is 1. The second-order valence-corrected chi connectivity index (χ2v) is 11.4. The van der Waals surface area contributed by atoms with Gasteiger partial charge in [0.15, 0.2) is 5.11 Å². The number of hydrogen-bond donors (Lipinski definition) is 2. The zero-order valence-corrected chi connectivity index (χ0v) is 26.3. The minimum atomic E-state index is -4.61. The Balaban J connectivity index is 1.62. The third-order valence-electron chi connectivity index (χ3n) is 7.53. The maximum atomic E-state index is 14.0. The molecule has 0 saturated heterocycles. The number of nitrogens with two attached hydrogens (primary N) is 1. The van der Waals surface area contributed by atoms with Crippen LogP contribution in [-0.2, 0) is 30.5 Å². The smallest absolute Gasteiger partial charge is 0.416 e. The van der Waals surface area contributed by atoms with Crippen LogP contribution in [0.25, 0.3) is 0 Å². The largest absolute Gasteiger partial charge is 0.481 e. The van der Waals surface area contributed by atoms with Gasteiger partial charge in [-0.1, -0.05) is 44.2 Å². The van der Waals surface area contributed by atoms with E-state index < -0.39 is 23.8 Å². The van der Waals surface area contributed by atoms with Gasteiger partial charge in [0.25, 0.3) is 0 Å². The second-order valence-electron chi connectivity index (χ2n) is 11.0. The number of nitrogens with one attached hydrogen (secondary N) is 1. The summed E-state index contributed by atoms with van der Waals surface area (Å²) in [5.74, 6) is -0.951. The number of carbonyl (C=O) groups excluding carboxylic acids is 1. The van der Waals surface area contributed by atoms with Crippen LogP contribution in [0.15, 0.2) is 79.4 Å². The van der Waals surface area contributed by atoms with Crippen molar-refractivity contribution in [2.45, 2.75) is 45.7 Å². The Labute approximate surface area is 270 Å². The molecule has 4 aromatic rings. The van der Waals surface area contributed by atoms with Gasteiger partial charge >= 0.3 is 6.18 Å². The van der Waals surface area contributed by atoms with Crippen molar-refractivity contribution in [2.75, 3.05) is 12.4 Å². The minimum Gasteiger partial charge on any atom is -0.481 e. The highest BCUT2D eigenvalue weighted by Crippen LogP contribution is 2.33. The van der Waals surface area contributed by atoms with E-state index in [0.29, 0.717) is 29.4 Å². The fourth-order valence-electron chi connectivity index (χ4n) is 5.17. The van der Waals surface area contributed by atoms with Crippen LogP contribution in [0.2, 0.25) is 0 Å². The minimum absolute atomic E-state index is 0.0115. The van der Waals surface area contributed by atoms with Crippen LogP contribution in [0, 0.1) is 23.2 Å². The Bertz CT molecular complexity index is 1680. The number of halogens is 3. The number of hydrogen-bond acceptors (Lipinski definition) is 7. The fraction of sp³-hybridized carbons (Fsp3) is 0.303. The lowest BCUT2D eigenvalue weighted by Crippen LogP contribution is -2.55. The summed E-state index contributed by atoms with van der Waals surface area (Å²) in [6.07, 6.45) is -1.02. The molecular weight excluding hydrogens is 615 g/mol. The van der Waals surface area contributed by atoms with Crippen LogP contribution in [-0.4, -0.2) is 43.6 Å². The van der Waals surface area contributed by atoms with Crippen LogP contribution >= 0.6 is 12.2 Å². The average molecular weight is 650 g/mol. The molecule has 0 bridgehead atoms. The number of nitrogens with zero attached hydrogens (tertiary/aromatic N) is 5. The molecule has 0 aliphatic heterocycles. The summed E-state index contributed by atoms with van der Waals surface area (Å²) in [4.78, 5) is 23.8. The van der Waals surface area contributed by atoms with Crippen molar-refractivity contribution >= 4 is 28.8 Å². The van der Waals surface area contributed by atoms with Crippen LogP contribution in [0.3, 0.4) is 0 Å². The van der Waals surface area contributed by atoms with E-state index >= 15 is 0 Å². The number of ketones is 1. The Hall–Kier alpha value is -4.80. The zero-order chi connectivity index (χ0) is 33.4. The molecule has 0 radical (unpaired) electrons. The highest BCUT2D eigenvalue weighted by atomic mass is 32.1. The number of pyridine rings is 1. The predicted octanol–water partition coefficient (Wildman–Crippen LogP) is 5.79. The molecule has 0 saturated carbocycles. The molecule has 2 heterocycles. The molecule has 2 aromatic carbocycles. The molecule has 0 spiro atoms. The summed E-state index contributed by atoms with van der Waals surface area (Å²) in [5, 5.41) is 12.1. The van der Waals surface area contributed by atoms with Crippen molar-refractivity contribution in [1.82, 2.24) is 19.4 Å². The number of anilines is 1. The van der Waals surface area contributed by atoms with Gasteiger partial charge in [-0.05, 0) is 53.5 Å². The molecule has 0 aliphatic carbocycles. The molecule has 9 nitrogen and oxygen atoms in total. The van der Waals surface area contributed by atoms with Gasteiger partial charge in [0, 0.05) is 37.5 Å². The molecule has 1 unspecified atom stereocenters. The van der Waals surface area contributed by atoms with Crippen molar-refractivity contribution in [3.63, 3.8) is 0 Å². The van der Waals surface area contributed by atoms with E-state index in [0.717, 1.165) is 11.6 Å². The van der Waals surface area contributed by atoms with Gasteiger partial charge in [0.05, 0.1) is 54.6 Å². The van der Waals surface area contributed by atoms with E-state index in [2.05, 4.69) is 21.4 Å². The van der Waals surface area contributed by atoms with E-state index in [1.54, 1.807) is 36.8 Å². The number of imidazole rings is 1. The monoisotopic (exact) mass is 649 g/mol. The second kappa shape index (κ2) is 15.0. The first kappa shape index (κ1) is 34.1. The van der Waals surface area contributed by atoms with Crippen LogP contribution in [0.4, 0.5) is 18.9 Å². The molecule has 4 rings (SSSR count). The molecule has 240 valence electrons. The summed E-state index contributed by atoms with van der Waals surface area (Å²) in [6.45, 7) is 3.79. The van der Waals surface area contributed by atoms with E-state index in [4.69, 9.17) is 28.0 Å². The Morgan fingerprint density at radius 2 is 1.85 bits per heavy atom.